The molecule has 1 N–H and O–H groups in total. The molecule has 1 atom stereocenters. The summed E-state index contributed by atoms with van der Waals surface area (Å²) in [7, 11) is 6.51. The molecule has 0 aromatic carbocycles. The Hall–Kier alpha value is -2.15. The molecule has 1 aliphatic rings. The van der Waals surface area contributed by atoms with Gasteiger partial charge < -0.3 is 9.38 Å². The Kier molecular flexibility index (Phi) is 3.09. The third-order valence-electron chi connectivity index (χ3n) is 4.25. The SMILES string of the molecule is C[N+](C)(C)C1CCN(c2nn3ccccc3c2[N+](=O)O)C1. The van der Waals surface area contributed by atoms with Gasteiger partial charge in [-0.2, -0.15) is 0 Å². The Morgan fingerprint density at radius 1 is 1.38 bits per heavy atom. The molecule has 0 aliphatic carbocycles. The molecule has 1 fully saturated rings. The van der Waals surface area contributed by atoms with Crippen LogP contribution >= 0.6 is 0 Å². The predicted octanol–water partition coefficient (Wildman–Crippen LogP) is 1.42. The van der Waals surface area contributed by atoms with Gasteiger partial charge in [-0.05, 0) is 12.1 Å². The van der Waals surface area contributed by atoms with Gasteiger partial charge in [0.25, 0.3) is 4.92 Å². The highest BCUT2D eigenvalue weighted by Crippen LogP contribution is 2.34. The second kappa shape index (κ2) is 4.70. The number of hydrogen-bond donors (Lipinski definition) is 1. The van der Waals surface area contributed by atoms with Crippen molar-refractivity contribution in [3.05, 3.63) is 29.3 Å². The molecule has 21 heavy (non-hydrogen) atoms. The van der Waals surface area contributed by atoms with Gasteiger partial charge in [-0.15, -0.1) is 5.10 Å². The molecule has 112 valence electrons. The van der Waals surface area contributed by atoms with E-state index in [0.29, 0.717) is 17.4 Å². The second-order valence-electron chi connectivity index (χ2n) is 6.48. The van der Waals surface area contributed by atoms with Crippen LogP contribution < -0.4 is 4.90 Å². The van der Waals surface area contributed by atoms with Crippen LogP contribution in [0.5, 0.6) is 0 Å². The van der Waals surface area contributed by atoms with E-state index >= 15 is 0 Å². The molecule has 0 saturated carbocycles. The summed E-state index contributed by atoms with van der Waals surface area (Å²) in [5.74, 6) is 0.551. The number of hydrogen-bond acceptors (Lipinski definition) is 3. The molecule has 3 rings (SSSR count). The number of nitrogens with zero attached hydrogens (tertiary/aromatic N) is 5. The van der Waals surface area contributed by atoms with Gasteiger partial charge in [0.2, 0.25) is 5.82 Å². The third kappa shape index (κ3) is 2.33. The highest BCUT2D eigenvalue weighted by Gasteiger charge is 2.38. The lowest BCUT2D eigenvalue weighted by Gasteiger charge is -2.31. The minimum absolute atomic E-state index is 0.0725. The predicted molar refractivity (Wildman–Crippen MR) is 78.9 cm³/mol. The van der Waals surface area contributed by atoms with E-state index < -0.39 is 0 Å². The Balaban J connectivity index is 2.02. The van der Waals surface area contributed by atoms with Crippen molar-refractivity contribution in [3.8, 4) is 0 Å². The molecule has 0 radical (unpaired) electrons. The minimum atomic E-state index is -0.0725. The van der Waals surface area contributed by atoms with Crippen LogP contribution in [0.25, 0.3) is 5.52 Å². The molecular formula is C14H21N5O2+2. The van der Waals surface area contributed by atoms with Gasteiger partial charge in [0.15, 0.2) is 5.52 Å². The first-order valence-electron chi connectivity index (χ1n) is 7.07. The number of anilines is 1. The van der Waals surface area contributed by atoms with Gasteiger partial charge >= 0.3 is 5.69 Å². The van der Waals surface area contributed by atoms with Gasteiger partial charge in [0.1, 0.15) is 6.04 Å². The molecule has 1 unspecified atom stereocenters. The zero-order valence-corrected chi connectivity index (χ0v) is 12.6. The van der Waals surface area contributed by atoms with E-state index in [1.807, 2.05) is 12.1 Å². The number of fused-ring (bicyclic) bond motifs is 1. The van der Waals surface area contributed by atoms with Crippen LogP contribution in [-0.4, -0.2) is 64.5 Å². The number of pyridine rings is 1. The lowest BCUT2D eigenvalue weighted by atomic mass is 10.2. The van der Waals surface area contributed by atoms with Crippen molar-refractivity contribution in [1.29, 1.82) is 0 Å². The summed E-state index contributed by atoms with van der Waals surface area (Å²) in [4.78, 5) is 13.6. The van der Waals surface area contributed by atoms with Crippen molar-refractivity contribution < 1.29 is 14.6 Å². The molecule has 7 nitrogen and oxygen atoms in total. The maximum Gasteiger partial charge on any atom is 0.385 e. The quantitative estimate of drug-likeness (QED) is 0.686. The first-order chi connectivity index (χ1) is 9.88. The zero-order valence-electron chi connectivity index (χ0n) is 12.6. The molecule has 3 heterocycles. The fourth-order valence-electron chi connectivity index (χ4n) is 2.94. The normalized spacial score (nSPS) is 19.4. The number of rotatable bonds is 3. The summed E-state index contributed by atoms with van der Waals surface area (Å²) in [6, 6.07) is 5.94. The maximum absolute atomic E-state index is 11.6. The van der Waals surface area contributed by atoms with Gasteiger partial charge in [-0.25, -0.2) is 9.72 Å². The molecular weight excluding hydrogens is 270 g/mol. The van der Waals surface area contributed by atoms with Crippen LogP contribution in [0, 0.1) is 4.91 Å². The Morgan fingerprint density at radius 2 is 2.14 bits per heavy atom. The molecule has 2 aromatic heterocycles. The van der Waals surface area contributed by atoms with Gasteiger partial charge in [-0.1, -0.05) is 6.07 Å². The Labute approximate surface area is 123 Å². The Bertz CT molecular complexity index is 688. The molecule has 0 amide bonds. The second-order valence-corrected chi connectivity index (χ2v) is 6.48. The number of quaternary nitrogens is 1. The topological polar surface area (TPSA) is 60.9 Å². The summed E-state index contributed by atoms with van der Waals surface area (Å²) in [5.41, 5.74) is 0.830. The molecule has 7 heteroatoms. The van der Waals surface area contributed by atoms with Crippen molar-refractivity contribution in [3.63, 3.8) is 0 Å². The number of aromatic nitrogens is 2. The molecule has 0 bridgehead atoms. The van der Waals surface area contributed by atoms with E-state index in [4.69, 9.17) is 0 Å². The minimum Gasteiger partial charge on any atom is -0.343 e. The first kappa shape index (κ1) is 13.8. The van der Waals surface area contributed by atoms with Crippen LogP contribution in [0.2, 0.25) is 0 Å². The van der Waals surface area contributed by atoms with E-state index in [2.05, 4.69) is 31.1 Å². The van der Waals surface area contributed by atoms with Crippen molar-refractivity contribution in [2.75, 3.05) is 39.1 Å². The van der Waals surface area contributed by atoms with Crippen molar-refractivity contribution in [2.24, 2.45) is 0 Å². The fraction of sp³-hybridized carbons (Fsp3) is 0.500. The maximum atomic E-state index is 11.6. The van der Waals surface area contributed by atoms with Crippen LogP contribution in [0.4, 0.5) is 11.5 Å². The monoisotopic (exact) mass is 291 g/mol. The fourth-order valence-corrected chi connectivity index (χ4v) is 2.94. The zero-order chi connectivity index (χ0) is 15.2. The lowest BCUT2D eigenvalue weighted by Crippen LogP contribution is -2.46. The average molecular weight is 291 g/mol. The standard InChI is InChI=1S/C14H21N5O2/c1-19(2,3)11-7-9-16(10-11)14-13(18(20)21)12-6-4-5-8-17(12)15-14/h4-6,8,11H,7,9-10H2,1-3H3,(H,20,21)/q+2. The summed E-state index contributed by atoms with van der Waals surface area (Å²) in [6.07, 6.45) is 2.82. The smallest absolute Gasteiger partial charge is 0.343 e. The van der Waals surface area contributed by atoms with Crippen molar-refractivity contribution >= 4 is 17.0 Å². The van der Waals surface area contributed by atoms with Crippen LogP contribution in [0.3, 0.4) is 0 Å². The van der Waals surface area contributed by atoms with Gasteiger partial charge in [0.05, 0.1) is 32.6 Å². The Morgan fingerprint density at radius 3 is 2.76 bits per heavy atom. The highest BCUT2D eigenvalue weighted by molar-refractivity contribution is 5.77. The van der Waals surface area contributed by atoms with E-state index in [0.717, 1.165) is 24.0 Å². The van der Waals surface area contributed by atoms with E-state index in [1.165, 1.54) is 0 Å². The first-order valence-corrected chi connectivity index (χ1v) is 7.07. The highest BCUT2D eigenvalue weighted by atomic mass is 16.6. The van der Waals surface area contributed by atoms with E-state index in [9.17, 15) is 10.1 Å². The third-order valence-corrected chi connectivity index (χ3v) is 4.25. The van der Waals surface area contributed by atoms with Crippen LogP contribution in [0.1, 0.15) is 6.42 Å². The largest absolute Gasteiger partial charge is 0.385 e. The van der Waals surface area contributed by atoms with Crippen LogP contribution in [-0.2, 0) is 0 Å². The lowest BCUT2D eigenvalue weighted by molar-refractivity contribution is -0.893. The summed E-state index contributed by atoms with van der Waals surface area (Å²) >= 11 is 0. The summed E-state index contributed by atoms with van der Waals surface area (Å²) in [5, 5.41) is 13.9. The van der Waals surface area contributed by atoms with Crippen molar-refractivity contribution in [2.45, 2.75) is 12.5 Å². The van der Waals surface area contributed by atoms with Crippen LogP contribution in [0.15, 0.2) is 24.4 Å². The average Bonchev–Trinajstić information content (AvgIpc) is 3.02. The van der Waals surface area contributed by atoms with E-state index in [-0.39, 0.29) is 10.6 Å². The summed E-state index contributed by atoms with van der Waals surface area (Å²) < 4.78 is 2.50. The van der Waals surface area contributed by atoms with Gasteiger partial charge in [0, 0.05) is 19.2 Å². The summed E-state index contributed by atoms with van der Waals surface area (Å²) in [6.45, 7) is 1.67. The molecule has 1 aliphatic heterocycles. The molecule has 1 saturated heterocycles. The van der Waals surface area contributed by atoms with Gasteiger partial charge in [-0.3, -0.25) is 0 Å². The number of likely N-dealkylation sites (N-methyl/N-ethyl adjacent to an activating group) is 1. The van der Waals surface area contributed by atoms with E-state index in [1.54, 1.807) is 16.8 Å². The molecule has 0 spiro atoms. The molecule has 2 aromatic rings. The van der Waals surface area contributed by atoms with Crippen molar-refractivity contribution in [1.82, 2.24) is 9.61 Å².